The number of hydrogen-bond donors (Lipinski definition) is 0. The summed E-state index contributed by atoms with van der Waals surface area (Å²) < 4.78 is 0. The topological polar surface area (TPSA) is 51.2 Å². The van der Waals surface area contributed by atoms with Gasteiger partial charge >= 0.3 is 0 Å². The van der Waals surface area contributed by atoms with Gasteiger partial charge in [-0.1, -0.05) is 20.8 Å². The number of carbonyl (C=O) groups excluding carboxylic acids is 3. The molecule has 22 heavy (non-hydrogen) atoms. The fourth-order valence-electron chi connectivity index (χ4n) is 2.43. The molecule has 0 amide bonds. The van der Waals surface area contributed by atoms with Crippen LogP contribution in [0.25, 0.3) is 0 Å². The average Bonchev–Trinajstić information content (AvgIpc) is 2.48. The summed E-state index contributed by atoms with van der Waals surface area (Å²) in [6, 6.07) is 3.22. The van der Waals surface area contributed by atoms with E-state index in [-0.39, 0.29) is 17.3 Å². The Morgan fingerprint density at radius 3 is 1.50 bits per heavy atom. The molecule has 0 fully saturated rings. The van der Waals surface area contributed by atoms with Crippen molar-refractivity contribution in [3.05, 3.63) is 41.3 Å². The van der Waals surface area contributed by atoms with E-state index in [0.29, 0.717) is 41.5 Å². The van der Waals surface area contributed by atoms with Gasteiger partial charge in [-0.05, 0) is 43.9 Å². The molecule has 0 unspecified atom stereocenters. The second kappa shape index (κ2) is 8.62. The zero-order valence-electron chi connectivity index (χ0n) is 13.8. The molecule has 1 radical (unpaired) electrons. The molecule has 119 valence electrons. The summed E-state index contributed by atoms with van der Waals surface area (Å²) in [4.78, 5) is 36.7. The highest BCUT2D eigenvalue weighted by Crippen LogP contribution is 2.22. The number of ketones is 3. The Kier molecular flexibility index (Phi) is 7.16. The van der Waals surface area contributed by atoms with Crippen molar-refractivity contribution < 1.29 is 14.4 Å². The maximum atomic E-state index is 12.3. The lowest BCUT2D eigenvalue weighted by atomic mass is 9.90. The number of Topliss-reactive ketones (excluding diaryl/α,β-unsaturated/α-hetero) is 3. The minimum Gasteiger partial charge on any atom is -0.294 e. The summed E-state index contributed by atoms with van der Waals surface area (Å²) in [6.45, 7) is 9.70. The van der Waals surface area contributed by atoms with Gasteiger partial charge in [-0.15, -0.1) is 0 Å². The minimum absolute atomic E-state index is 0.0291. The van der Waals surface area contributed by atoms with Crippen LogP contribution in [-0.4, -0.2) is 17.3 Å². The minimum atomic E-state index is -0.0517. The van der Waals surface area contributed by atoms with Crippen LogP contribution in [0.1, 0.15) is 95.9 Å². The van der Waals surface area contributed by atoms with Crippen LogP contribution < -0.4 is 0 Å². The van der Waals surface area contributed by atoms with E-state index in [2.05, 4.69) is 6.92 Å². The van der Waals surface area contributed by atoms with Gasteiger partial charge in [-0.3, -0.25) is 14.4 Å². The summed E-state index contributed by atoms with van der Waals surface area (Å²) in [5.41, 5.74) is 1.75. The van der Waals surface area contributed by atoms with E-state index >= 15 is 0 Å². The Balaban J connectivity index is 3.39. The summed E-state index contributed by atoms with van der Waals surface area (Å²) >= 11 is 0. The molecule has 0 aliphatic carbocycles. The third kappa shape index (κ3) is 4.36. The van der Waals surface area contributed by atoms with Gasteiger partial charge in [0.2, 0.25) is 0 Å². The van der Waals surface area contributed by atoms with E-state index in [0.717, 1.165) is 19.3 Å². The van der Waals surface area contributed by atoms with Gasteiger partial charge in [0, 0.05) is 36.0 Å². The Labute approximate surface area is 133 Å². The van der Waals surface area contributed by atoms with Crippen molar-refractivity contribution in [2.24, 2.45) is 0 Å². The smallest absolute Gasteiger partial charge is 0.163 e. The van der Waals surface area contributed by atoms with Crippen LogP contribution in [0, 0.1) is 6.92 Å². The van der Waals surface area contributed by atoms with Crippen LogP contribution in [-0.2, 0) is 0 Å². The highest BCUT2D eigenvalue weighted by Gasteiger charge is 2.19. The van der Waals surface area contributed by atoms with Crippen molar-refractivity contribution >= 4 is 17.3 Å². The first-order chi connectivity index (χ1) is 10.5. The number of carbonyl (C=O) groups is 3. The molecule has 0 N–H and O–H groups in total. The molecule has 0 bridgehead atoms. The predicted molar refractivity (Wildman–Crippen MR) is 88.6 cm³/mol. The highest BCUT2D eigenvalue weighted by atomic mass is 16.1. The molecule has 0 spiro atoms. The van der Waals surface area contributed by atoms with Crippen LogP contribution in [0.5, 0.6) is 0 Å². The lowest BCUT2D eigenvalue weighted by molar-refractivity contribution is 0.0980. The predicted octanol–water partition coefficient (Wildman–Crippen LogP) is 4.82. The van der Waals surface area contributed by atoms with Crippen LogP contribution >= 0.6 is 0 Å². The normalized spacial score (nSPS) is 10.5. The second-order valence-corrected chi connectivity index (χ2v) is 5.57. The van der Waals surface area contributed by atoms with E-state index in [1.54, 1.807) is 12.1 Å². The number of rotatable bonds is 9. The van der Waals surface area contributed by atoms with Crippen LogP contribution in [0.3, 0.4) is 0 Å². The monoisotopic (exact) mass is 301 g/mol. The third-order valence-electron chi connectivity index (χ3n) is 3.60. The number of hydrogen-bond acceptors (Lipinski definition) is 3. The van der Waals surface area contributed by atoms with E-state index in [9.17, 15) is 14.4 Å². The quantitative estimate of drug-likeness (QED) is 0.615. The molecule has 0 saturated heterocycles. The van der Waals surface area contributed by atoms with Crippen molar-refractivity contribution in [2.45, 2.75) is 59.3 Å². The number of benzene rings is 1. The first-order valence-electron chi connectivity index (χ1n) is 8.05. The van der Waals surface area contributed by atoms with Crippen molar-refractivity contribution in [2.75, 3.05) is 0 Å². The Hall–Kier alpha value is -1.77. The first-order valence-corrected chi connectivity index (χ1v) is 8.05. The molecule has 0 saturated carbocycles. The molecular formula is C19H25O3. The van der Waals surface area contributed by atoms with Gasteiger partial charge in [0.1, 0.15) is 0 Å². The standard InChI is InChI=1S/C19H25O3/c1-5-8-17(20)14-11-15(18(21)9-6-2)13(4)16(12-14)19(22)10-7-3/h11-12H,4-10H2,1-3H3. The molecule has 1 rings (SSSR count). The maximum Gasteiger partial charge on any atom is 0.163 e. The van der Waals surface area contributed by atoms with Crippen LogP contribution in [0.4, 0.5) is 0 Å². The molecule has 3 nitrogen and oxygen atoms in total. The molecule has 0 aromatic heterocycles. The fourth-order valence-corrected chi connectivity index (χ4v) is 2.43. The van der Waals surface area contributed by atoms with Gasteiger partial charge in [0.05, 0.1) is 0 Å². The van der Waals surface area contributed by atoms with E-state index in [1.165, 1.54) is 0 Å². The molecular weight excluding hydrogens is 276 g/mol. The first kappa shape index (κ1) is 18.3. The Bertz CT molecular complexity index is 531. The van der Waals surface area contributed by atoms with Crippen LogP contribution in [0.15, 0.2) is 12.1 Å². The lowest BCUT2D eigenvalue weighted by Gasteiger charge is -2.12. The summed E-state index contributed by atoms with van der Waals surface area (Å²) in [7, 11) is 0. The van der Waals surface area contributed by atoms with E-state index < -0.39 is 0 Å². The molecule has 0 heterocycles. The lowest BCUT2D eigenvalue weighted by Crippen LogP contribution is -2.12. The summed E-state index contributed by atoms with van der Waals surface area (Å²) in [6.07, 6.45) is 3.40. The molecule has 0 atom stereocenters. The molecule has 3 heteroatoms. The summed E-state index contributed by atoms with van der Waals surface area (Å²) in [5, 5.41) is 0. The van der Waals surface area contributed by atoms with Crippen molar-refractivity contribution in [1.82, 2.24) is 0 Å². The van der Waals surface area contributed by atoms with Gasteiger partial charge in [0.15, 0.2) is 17.3 Å². The van der Waals surface area contributed by atoms with E-state index in [4.69, 9.17) is 0 Å². The SMILES string of the molecule is [CH2]c1c(C(=O)CCC)cc(C(=O)CCC)cc1C(=O)CCC. The Morgan fingerprint density at radius 1 is 0.773 bits per heavy atom. The second-order valence-electron chi connectivity index (χ2n) is 5.57. The third-order valence-corrected chi connectivity index (χ3v) is 3.60. The zero-order chi connectivity index (χ0) is 16.7. The van der Waals surface area contributed by atoms with E-state index in [1.807, 2.05) is 20.8 Å². The van der Waals surface area contributed by atoms with Crippen LogP contribution in [0.2, 0.25) is 0 Å². The van der Waals surface area contributed by atoms with Crippen molar-refractivity contribution in [3.63, 3.8) is 0 Å². The van der Waals surface area contributed by atoms with Crippen molar-refractivity contribution in [1.29, 1.82) is 0 Å². The molecule has 1 aromatic rings. The maximum absolute atomic E-state index is 12.3. The average molecular weight is 301 g/mol. The summed E-state index contributed by atoms with van der Waals surface area (Å²) in [5.74, 6) is -0.132. The molecule has 0 aliphatic heterocycles. The zero-order valence-corrected chi connectivity index (χ0v) is 13.8. The fraction of sp³-hybridized carbons (Fsp3) is 0.474. The van der Waals surface area contributed by atoms with Gasteiger partial charge in [0.25, 0.3) is 0 Å². The van der Waals surface area contributed by atoms with Gasteiger partial charge in [-0.2, -0.15) is 0 Å². The highest BCUT2D eigenvalue weighted by molar-refractivity contribution is 6.08. The largest absolute Gasteiger partial charge is 0.294 e. The molecule has 0 aliphatic rings. The molecule has 1 aromatic carbocycles. The van der Waals surface area contributed by atoms with Gasteiger partial charge < -0.3 is 0 Å². The Morgan fingerprint density at radius 2 is 1.14 bits per heavy atom. The van der Waals surface area contributed by atoms with Crippen molar-refractivity contribution in [3.8, 4) is 0 Å². The van der Waals surface area contributed by atoms with Gasteiger partial charge in [-0.25, -0.2) is 0 Å².